The lowest BCUT2D eigenvalue weighted by Crippen LogP contribution is -2.00. The van der Waals surface area contributed by atoms with Crippen molar-refractivity contribution in [3.05, 3.63) is 194 Å². The molecule has 0 aliphatic heterocycles. The van der Waals surface area contributed by atoms with Crippen molar-refractivity contribution in [1.82, 2.24) is 19.5 Å². The van der Waals surface area contributed by atoms with Crippen LogP contribution < -0.4 is 0 Å². The second-order valence-corrected chi connectivity index (χ2v) is 15.9. The summed E-state index contributed by atoms with van der Waals surface area (Å²) in [6.07, 6.45) is 0. The zero-order chi connectivity index (χ0) is 38.2. The minimum atomic E-state index is 0.644. The SMILES string of the molecule is c1ccc(-c2nc(-c3ccc(-c4cccc5ccccc45)cc3)nc(-c3ccc4c(c3)sc3cccc(-n5c6ccccc6c6ccc7ccccc7c65)c34)n2)cc1. The van der Waals surface area contributed by atoms with E-state index in [9.17, 15) is 0 Å². The lowest BCUT2D eigenvalue weighted by atomic mass is 9.97. The van der Waals surface area contributed by atoms with Crippen LogP contribution in [-0.2, 0) is 0 Å². The Hall–Kier alpha value is -7.47. The molecule has 0 aliphatic rings. The van der Waals surface area contributed by atoms with Crippen LogP contribution in [0.3, 0.4) is 0 Å². The number of hydrogen-bond acceptors (Lipinski definition) is 4. The van der Waals surface area contributed by atoms with E-state index in [1.165, 1.54) is 74.8 Å². The molecule has 0 radical (unpaired) electrons. The number of fused-ring (bicyclic) bond motifs is 9. The zero-order valence-electron chi connectivity index (χ0n) is 31.2. The van der Waals surface area contributed by atoms with E-state index in [-0.39, 0.29) is 0 Å². The average Bonchev–Trinajstić information content (AvgIpc) is 3.85. The molecule has 0 saturated carbocycles. The lowest BCUT2D eigenvalue weighted by molar-refractivity contribution is 1.07. The predicted molar refractivity (Wildman–Crippen MR) is 244 cm³/mol. The quantitative estimate of drug-likeness (QED) is 0.176. The maximum atomic E-state index is 5.15. The number of hydrogen-bond donors (Lipinski definition) is 0. The highest BCUT2D eigenvalue weighted by atomic mass is 32.1. The van der Waals surface area contributed by atoms with Crippen LogP contribution in [0.1, 0.15) is 0 Å². The van der Waals surface area contributed by atoms with Crippen LogP contribution in [0.2, 0.25) is 0 Å². The lowest BCUT2D eigenvalue weighted by Gasteiger charge is -2.12. The van der Waals surface area contributed by atoms with Gasteiger partial charge in [-0.05, 0) is 51.6 Å². The van der Waals surface area contributed by atoms with Crippen molar-refractivity contribution in [1.29, 1.82) is 0 Å². The molecule has 0 saturated heterocycles. The van der Waals surface area contributed by atoms with Crippen LogP contribution in [0.4, 0.5) is 0 Å². The van der Waals surface area contributed by atoms with E-state index in [4.69, 9.17) is 15.0 Å². The molecule has 4 nitrogen and oxygen atoms in total. The third-order valence-electron chi connectivity index (χ3n) is 11.4. The largest absolute Gasteiger partial charge is 0.308 e. The van der Waals surface area contributed by atoms with Crippen molar-refractivity contribution in [3.8, 4) is 51.0 Å². The molecular formula is C53H32N4S. The van der Waals surface area contributed by atoms with Gasteiger partial charge in [0.2, 0.25) is 0 Å². The summed E-state index contributed by atoms with van der Waals surface area (Å²) in [6, 6.07) is 69.1. The van der Waals surface area contributed by atoms with Gasteiger partial charge in [0.05, 0.1) is 16.7 Å². The van der Waals surface area contributed by atoms with E-state index >= 15 is 0 Å². The van der Waals surface area contributed by atoms with Gasteiger partial charge in [-0.25, -0.2) is 15.0 Å². The topological polar surface area (TPSA) is 43.6 Å². The Balaban J connectivity index is 1.01. The molecule has 5 heteroatoms. The van der Waals surface area contributed by atoms with Gasteiger partial charge >= 0.3 is 0 Å². The molecule has 0 atom stereocenters. The summed E-state index contributed by atoms with van der Waals surface area (Å²) < 4.78 is 4.90. The van der Waals surface area contributed by atoms with E-state index in [1.807, 2.05) is 29.5 Å². The highest BCUT2D eigenvalue weighted by Crippen LogP contribution is 2.43. The first-order valence-electron chi connectivity index (χ1n) is 19.5. The van der Waals surface area contributed by atoms with Crippen molar-refractivity contribution in [2.45, 2.75) is 0 Å². The van der Waals surface area contributed by atoms with Gasteiger partial charge in [0.1, 0.15) is 0 Å². The number of benzene rings is 9. The molecule has 3 aromatic heterocycles. The minimum absolute atomic E-state index is 0.644. The number of para-hydroxylation sites is 1. The Morgan fingerprint density at radius 1 is 0.362 bits per heavy atom. The van der Waals surface area contributed by atoms with E-state index in [2.05, 4.69) is 180 Å². The maximum Gasteiger partial charge on any atom is 0.164 e. The third kappa shape index (κ3) is 5.18. The van der Waals surface area contributed by atoms with E-state index in [0.717, 1.165) is 22.3 Å². The van der Waals surface area contributed by atoms with Crippen molar-refractivity contribution in [2.75, 3.05) is 0 Å². The number of thiophene rings is 1. The number of rotatable bonds is 5. The molecule has 0 fully saturated rings. The second kappa shape index (κ2) is 13.1. The van der Waals surface area contributed by atoms with E-state index < -0.39 is 0 Å². The molecular weight excluding hydrogens is 725 g/mol. The number of aromatic nitrogens is 4. The monoisotopic (exact) mass is 756 g/mol. The van der Waals surface area contributed by atoms with Gasteiger partial charge < -0.3 is 4.57 Å². The zero-order valence-corrected chi connectivity index (χ0v) is 32.0. The van der Waals surface area contributed by atoms with Crippen molar-refractivity contribution >= 4 is 74.9 Å². The Kier molecular flexibility index (Phi) is 7.37. The summed E-state index contributed by atoms with van der Waals surface area (Å²) >= 11 is 1.81. The summed E-state index contributed by atoms with van der Waals surface area (Å²) in [5, 5.41) is 9.92. The summed E-state index contributed by atoms with van der Waals surface area (Å²) in [5.41, 5.74) is 8.82. The average molecular weight is 757 g/mol. The summed E-state index contributed by atoms with van der Waals surface area (Å²) in [6.45, 7) is 0. The molecule has 0 amide bonds. The van der Waals surface area contributed by atoms with Crippen molar-refractivity contribution in [3.63, 3.8) is 0 Å². The van der Waals surface area contributed by atoms with Gasteiger partial charge in [0, 0.05) is 53.0 Å². The molecule has 0 unspecified atom stereocenters. The van der Waals surface area contributed by atoms with Gasteiger partial charge in [-0.3, -0.25) is 0 Å². The maximum absolute atomic E-state index is 5.15. The Morgan fingerprint density at radius 3 is 1.76 bits per heavy atom. The van der Waals surface area contributed by atoms with Crippen LogP contribution >= 0.6 is 11.3 Å². The molecule has 0 aliphatic carbocycles. The fourth-order valence-corrected chi connectivity index (χ4v) is 9.91. The smallest absolute Gasteiger partial charge is 0.164 e. The molecule has 0 N–H and O–H groups in total. The summed E-state index contributed by atoms with van der Waals surface area (Å²) in [4.78, 5) is 15.3. The first-order valence-corrected chi connectivity index (χ1v) is 20.3. The van der Waals surface area contributed by atoms with Crippen LogP contribution in [0.15, 0.2) is 194 Å². The Morgan fingerprint density at radius 2 is 0.948 bits per heavy atom. The molecule has 58 heavy (non-hydrogen) atoms. The van der Waals surface area contributed by atoms with Crippen LogP contribution in [0.5, 0.6) is 0 Å². The van der Waals surface area contributed by atoms with E-state index in [0.29, 0.717) is 17.5 Å². The van der Waals surface area contributed by atoms with Gasteiger partial charge in [-0.15, -0.1) is 11.3 Å². The Bertz CT molecular complexity index is 3560. The normalized spacial score (nSPS) is 11.8. The fourth-order valence-electron chi connectivity index (χ4n) is 8.74. The second-order valence-electron chi connectivity index (χ2n) is 14.8. The van der Waals surface area contributed by atoms with Crippen molar-refractivity contribution in [2.24, 2.45) is 0 Å². The van der Waals surface area contributed by atoms with Crippen molar-refractivity contribution < 1.29 is 0 Å². The van der Waals surface area contributed by atoms with Crippen LogP contribution in [-0.4, -0.2) is 19.5 Å². The highest BCUT2D eigenvalue weighted by molar-refractivity contribution is 7.26. The van der Waals surface area contributed by atoms with Crippen LogP contribution in [0.25, 0.3) is 115 Å². The number of nitrogens with zero attached hydrogens (tertiary/aromatic N) is 4. The molecule has 9 aromatic carbocycles. The molecule has 12 aromatic rings. The summed E-state index contributed by atoms with van der Waals surface area (Å²) in [5.74, 6) is 1.94. The van der Waals surface area contributed by atoms with Gasteiger partial charge in [0.25, 0.3) is 0 Å². The van der Waals surface area contributed by atoms with Gasteiger partial charge in [0.15, 0.2) is 17.5 Å². The molecule has 270 valence electrons. The third-order valence-corrected chi connectivity index (χ3v) is 12.6. The first-order chi connectivity index (χ1) is 28.7. The molecule has 3 heterocycles. The molecule has 0 bridgehead atoms. The van der Waals surface area contributed by atoms with Gasteiger partial charge in [-0.2, -0.15) is 0 Å². The summed E-state index contributed by atoms with van der Waals surface area (Å²) in [7, 11) is 0. The Labute approximate surface area is 338 Å². The van der Waals surface area contributed by atoms with E-state index in [1.54, 1.807) is 0 Å². The van der Waals surface area contributed by atoms with Crippen LogP contribution in [0, 0.1) is 0 Å². The first kappa shape index (κ1) is 32.7. The highest BCUT2D eigenvalue weighted by Gasteiger charge is 2.20. The van der Waals surface area contributed by atoms with Gasteiger partial charge in [-0.1, -0.05) is 170 Å². The predicted octanol–water partition coefficient (Wildman–Crippen LogP) is 14.3. The standard InChI is InChI=1S/C53H32N4S/c1-2-14-36(15-3-1)51-54-52(37-26-24-35(25-27-37)40-20-10-16-33-12-4-6-17-39(33)40)56-53(55-51)38-29-31-44-48(32-38)58-47-23-11-22-46(49(44)47)57-45-21-9-8-19-42(45)43-30-28-34-13-5-7-18-41(34)50(43)57/h1-32H. The molecule has 12 rings (SSSR count). The fraction of sp³-hybridized carbons (Fsp3) is 0. The molecule has 0 spiro atoms. The minimum Gasteiger partial charge on any atom is -0.308 e.